The first kappa shape index (κ1) is 16.1. The fourth-order valence-electron chi connectivity index (χ4n) is 3.35. The Morgan fingerprint density at radius 2 is 2.05 bits per heavy atom. The van der Waals surface area contributed by atoms with E-state index >= 15 is 0 Å². The van der Waals surface area contributed by atoms with E-state index in [2.05, 4.69) is 5.32 Å². The molecule has 0 unspecified atom stereocenters. The molecule has 21 heavy (non-hydrogen) atoms. The van der Waals surface area contributed by atoms with E-state index in [0.717, 1.165) is 50.3 Å². The van der Waals surface area contributed by atoms with Crippen molar-refractivity contribution in [2.24, 2.45) is 5.41 Å². The highest BCUT2D eigenvalue weighted by atomic mass is 35.5. The van der Waals surface area contributed by atoms with Crippen LogP contribution in [0.2, 0.25) is 0 Å². The van der Waals surface area contributed by atoms with Gasteiger partial charge in [-0.15, -0.1) is 12.4 Å². The van der Waals surface area contributed by atoms with Gasteiger partial charge in [0.25, 0.3) is 5.91 Å². The van der Waals surface area contributed by atoms with E-state index in [9.17, 15) is 4.79 Å². The van der Waals surface area contributed by atoms with E-state index in [4.69, 9.17) is 4.74 Å². The zero-order valence-corrected chi connectivity index (χ0v) is 13.2. The summed E-state index contributed by atoms with van der Waals surface area (Å²) in [6, 6.07) is 7.43. The third kappa shape index (κ3) is 3.33. The highest BCUT2D eigenvalue weighted by Gasteiger charge is 2.38. The summed E-state index contributed by atoms with van der Waals surface area (Å²) in [6.45, 7) is 3.99. The largest absolute Gasteiger partial charge is 0.497 e. The molecule has 2 aliphatic rings. The molecule has 0 saturated carbocycles. The van der Waals surface area contributed by atoms with Gasteiger partial charge in [0.05, 0.1) is 7.11 Å². The molecule has 1 N–H and O–H groups in total. The number of halogens is 1. The SMILES string of the molecule is COc1cccc(C(=O)N2CCC3(CCNC3)CC2)c1.Cl. The van der Waals surface area contributed by atoms with Gasteiger partial charge in [0.1, 0.15) is 5.75 Å². The van der Waals surface area contributed by atoms with Crippen LogP contribution in [0.5, 0.6) is 5.75 Å². The molecule has 0 atom stereocenters. The van der Waals surface area contributed by atoms with Gasteiger partial charge in [0, 0.05) is 25.2 Å². The third-order valence-electron chi connectivity index (χ3n) is 4.76. The lowest BCUT2D eigenvalue weighted by Gasteiger charge is -2.38. The molecule has 1 aromatic rings. The number of rotatable bonds is 2. The average molecular weight is 311 g/mol. The molecule has 4 nitrogen and oxygen atoms in total. The second kappa shape index (κ2) is 6.67. The summed E-state index contributed by atoms with van der Waals surface area (Å²) < 4.78 is 5.19. The summed E-state index contributed by atoms with van der Waals surface area (Å²) in [5.74, 6) is 0.869. The van der Waals surface area contributed by atoms with Crippen molar-refractivity contribution in [2.75, 3.05) is 33.3 Å². The second-order valence-electron chi connectivity index (χ2n) is 5.95. The fraction of sp³-hybridized carbons (Fsp3) is 0.562. The normalized spacial score (nSPS) is 20.1. The molecule has 2 fully saturated rings. The Hall–Kier alpha value is -1.26. The monoisotopic (exact) mass is 310 g/mol. The molecule has 0 bridgehead atoms. The molecule has 2 aliphatic heterocycles. The van der Waals surface area contributed by atoms with Gasteiger partial charge >= 0.3 is 0 Å². The molecular formula is C16H23ClN2O2. The second-order valence-corrected chi connectivity index (χ2v) is 5.95. The topological polar surface area (TPSA) is 41.6 Å². The van der Waals surface area contributed by atoms with Crippen molar-refractivity contribution in [3.05, 3.63) is 29.8 Å². The van der Waals surface area contributed by atoms with Gasteiger partial charge < -0.3 is 15.0 Å². The summed E-state index contributed by atoms with van der Waals surface area (Å²) in [5.41, 5.74) is 1.18. The van der Waals surface area contributed by atoms with Crippen LogP contribution >= 0.6 is 12.4 Å². The van der Waals surface area contributed by atoms with Crippen LogP contribution in [0.3, 0.4) is 0 Å². The summed E-state index contributed by atoms with van der Waals surface area (Å²) >= 11 is 0. The maximum atomic E-state index is 12.5. The number of carbonyl (C=O) groups is 1. The molecule has 1 spiro atoms. The van der Waals surface area contributed by atoms with Crippen LogP contribution < -0.4 is 10.1 Å². The minimum absolute atomic E-state index is 0. The molecular weight excluding hydrogens is 288 g/mol. The number of likely N-dealkylation sites (tertiary alicyclic amines) is 1. The summed E-state index contributed by atoms with van der Waals surface area (Å²) in [6.07, 6.45) is 3.50. The number of ether oxygens (including phenoxy) is 1. The predicted molar refractivity (Wildman–Crippen MR) is 85.3 cm³/mol. The number of carbonyl (C=O) groups excluding carboxylic acids is 1. The Kier molecular flexibility index (Phi) is 5.12. The Bertz CT molecular complexity index is 491. The molecule has 1 amide bonds. The van der Waals surface area contributed by atoms with Gasteiger partial charge in [-0.05, 0) is 49.4 Å². The van der Waals surface area contributed by atoms with Crippen LogP contribution in [-0.2, 0) is 0 Å². The van der Waals surface area contributed by atoms with Crippen molar-refractivity contribution in [2.45, 2.75) is 19.3 Å². The lowest BCUT2D eigenvalue weighted by Crippen LogP contribution is -2.44. The van der Waals surface area contributed by atoms with E-state index in [0.29, 0.717) is 5.41 Å². The van der Waals surface area contributed by atoms with Gasteiger partial charge in [-0.2, -0.15) is 0 Å². The number of nitrogens with one attached hydrogen (secondary N) is 1. The van der Waals surface area contributed by atoms with Crippen LogP contribution in [-0.4, -0.2) is 44.1 Å². The number of benzene rings is 1. The summed E-state index contributed by atoms with van der Waals surface area (Å²) in [5, 5.41) is 3.45. The van der Waals surface area contributed by atoms with E-state index in [1.165, 1.54) is 6.42 Å². The maximum absolute atomic E-state index is 12.5. The third-order valence-corrected chi connectivity index (χ3v) is 4.76. The molecule has 0 radical (unpaired) electrons. The number of amides is 1. The van der Waals surface area contributed by atoms with Crippen LogP contribution in [0.4, 0.5) is 0 Å². The number of nitrogens with zero attached hydrogens (tertiary/aromatic N) is 1. The number of hydrogen-bond donors (Lipinski definition) is 1. The van der Waals surface area contributed by atoms with Gasteiger partial charge in [-0.1, -0.05) is 6.07 Å². The van der Waals surface area contributed by atoms with Gasteiger partial charge in [0.15, 0.2) is 0 Å². The van der Waals surface area contributed by atoms with Gasteiger partial charge in [-0.3, -0.25) is 4.79 Å². The Balaban J connectivity index is 0.00000161. The number of piperidine rings is 1. The smallest absolute Gasteiger partial charge is 0.253 e. The van der Waals surface area contributed by atoms with E-state index < -0.39 is 0 Å². The van der Waals surface area contributed by atoms with Crippen LogP contribution in [0, 0.1) is 5.41 Å². The van der Waals surface area contributed by atoms with Crippen LogP contribution in [0.25, 0.3) is 0 Å². The van der Waals surface area contributed by atoms with Gasteiger partial charge in [0.2, 0.25) is 0 Å². The first-order chi connectivity index (χ1) is 9.72. The minimum Gasteiger partial charge on any atom is -0.497 e. The molecule has 3 rings (SSSR count). The molecule has 0 aliphatic carbocycles. The van der Waals surface area contributed by atoms with Gasteiger partial charge in [-0.25, -0.2) is 0 Å². The van der Waals surface area contributed by atoms with Crippen molar-refractivity contribution in [1.29, 1.82) is 0 Å². The zero-order chi connectivity index (χ0) is 14.0. The van der Waals surface area contributed by atoms with Crippen molar-refractivity contribution in [3.63, 3.8) is 0 Å². The Morgan fingerprint density at radius 1 is 1.29 bits per heavy atom. The van der Waals surface area contributed by atoms with Crippen molar-refractivity contribution >= 4 is 18.3 Å². The maximum Gasteiger partial charge on any atom is 0.253 e. The van der Waals surface area contributed by atoms with Crippen molar-refractivity contribution in [3.8, 4) is 5.75 Å². The molecule has 1 aromatic carbocycles. The lowest BCUT2D eigenvalue weighted by atomic mass is 9.78. The Labute approximate surface area is 132 Å². The van der Waals surface area contributed by atoms with E-state index in [1.807, 2.05) is 29.2 Å². The van der Waals surface area contributed by atoms with E-state index in [1.54, 1.807) is 7.11 Å². The summed E-state index contributed by atoms with van der Waals surface area (Å²) in [7, 11) is 1.63. The fourth-order valence-corrected chi connectivity index (χ4v) is 3.35. The number of methoxy groups -OCH3 is 1. The average Bonchev–Trinajstić information content (AvgIpc) is 2.96. The summed E-state index contributed by atoms with van der Waals surface area (Å²) in [4.78, 5) is 14.5. The first-order valence-corrected chi connectivity index (χ1v) is 7.37. The van der Waals surface area contributed by atoms with Crippen LogP contribution in [0.15, 0.2) is 24.3 Å². The quantitative estimate of drug-likeness (QED) is 0.911. The Morgan fingerprint density at radius 3 is 2.67 bits per heavy atom. The predicted octanol–water partition coefficient (Wildman–Crippen LogP) is 2.33. The van der Waals surface area contributed by atoms with E-state index in [-0.39, 0.29) is 18.3 Å². The molecule has 5 heteroatoms. The van der Waals surface area contributed by atoms with Crippen molar-refractivity contribution in [1.82, 2.24) is 10.2 Å². The lowest BCUT2D eigenvalue weighted by molar-refractivity contribution is 0.0607. The molecule has 2 saturated heterocycles. The standard InChI is InChI=1S/C16H22N2O2.ClH/c1-20-14-4-2-3-13(11-14)15(19)18-9-6-16(7-10-18)5-8-17-12-16;/h2-4,11,17H,5-10,12H2,1H3;1H. The minimum atomic E-state index is 0. The molecule has 116 valence electrons. The highest BCUT2D eigenvalue weighted by Crippen LogP contribution is 2.37. The first-order valence-electron chi connectivity index (χ1n) is 7.37. The molecule has 0 aromatic heterocycles. The van der Waals surface area contributed by atoms with Crippen LogP contribution in [0.1, 0.15) is 29.6 Å². The highest BCUT2D eigenvalue weighted by molar-refractivity contribution is 5.94. The molecule has 2 heterocycles. The zero-order valence-electron chi connectivity index (χ0n) is 12.4. The number of hydrogen-bond acceptors (Lipinski definition) is 3. The van der Waals surface area contributed by atoms with Crippen molar-refractivity contribution < 1.29 is 9.53 Å².